The first-order chi connectivity index (χ1) is 9.77. The Kier molecular flexibility index (Phi) is 8.44. The summed E-state index contributed by atoms with van der Waals surface area (Å²) in [5.41, 5.74) is 7.22. The zero-order chi connectivity index (χ0) is 14.2. The number of halogens is 1. The second kappa shape index (κ2) is 9.83. The van der Waals surface area contributed by atoms with Crippen LogP contribution in [0.4, 0.5) is 5.69 Å². The molecule has 0 bridgehead atoms. The van der Waals surface area contributed by atoms with Gasteiger partial charge >= 0.3 is 0 Å². The van der Waals surface area contributed by atoms with Gasteiger partial charge in [-0.25, -0.2) is 0 Å². The van der Waals surface area contributed by atoms with E-state index < -0.39 is 0 Å². The van der Waals surface area contributed by atoms with Gasteiger partial charge in [0.05, 0.1) is 13.2 Å². The number of benzene rings is 1. The maximum Gasteiger partial charge on any atom is 0.191 e. The Morgan fingerprint density at radius 1 is 1.29 bits per heavy atom. The third kappa shape index (κ3) is 6.09. The van der Waals surface area contributed by atoms with Gasteiger partial charge in [0, 0.05) is 38.9 Å². The topological polar surface area (TPSA) is 54.1 Å². The van der Waals surface area contributed by atoms with Crippen LogP contribution in [-0.4, -0.2) is 57.3 Å². The van der Waals surface area contributed by atoms with Crippen LogP contribution in [0.5, 0.6) is 0 Å². The number of nitrogens with two attached hydrogens (primary N) is 1. The van der Waals surface area contributed by atoms with Crippen molar-refractivity contribution in [3.05, 3.63) is 30.3 Å². The average molecular weight is 404 g/mol. The molecule has 1 aliphatic heterocycles. The number of para-hydroxylation sites is 1. The summed E-state index contributed by atoms with van der Waals surface area (Å²) < 4.78 is 5.30. The molecule has 1 fully saturated rings. The Balaban J connectivity index is 0.00000220. The predicted molar refractivity (Wildman–Crippen MR) is 98.6 cm³/mol. The van der Waals surface area contributed by atoms with Crippen LogP contribution in [-0.2, 0) is 4.74 Å². The van der Waals surface area contributed by atoms with Crippen LogP contribution in [0.1, 0.15) is 6.42 Å². The molecule has 21 heavy (non-hydrogen) atoms. The summed E-state index contributed by atoms with van der Waals surface area (Å²) in [5, 5.41) is 0. The zero-order valence-corrected chi connectivity index (χ0v) is 14.9. The number of guanidine groups is 1. The SMILES string of the molecule is CN(CCCN=C(N)N1CCOCC1)c1ccccc1.I. The highest BCUT2D eigenvalue weighted by Gasteiger charge is 2.11. The molecule has 0 amide bonds. The van der Waals surface area contributed by atoms with Gasteiger partial charge in [-0.3, -0.25) is 4.99 Å². The van der Waals surface area contributed by atoms with E-state index in [0.717, 1.165) is 45.8 Å². The molecule has 0 saturated carbocycles. The molecular formula is C15H25IN4O. The highest BCUT2D eigenvalue weighted by atomic mass is 127. The molecule has 118 valence electrons. The van der Waals surface area contributed by atoms with Gasteiger partial charge in [0.1, 0.15) is 0 Å². The van der Waals surface area contributed by atoms with Crippen molar-refractivity contribution in [1.29, 1.82) is 0 Å². The van der Waals surface area contributed by atoms with Crippen molar-refractivity contribution in [2.24, 2.45) is 10.7 Å². The second-order valence-corrected chi connectivity index (χ2v) is 4.95. The van der Waals surface area contributed by atoms with Gasteiger partial charge < -0.3 is 20.3 Å². The second-order valence-electron chi connectivity index (χ2n) is 4.95. The average Bonchev–Trinajstić information content (AvgIpc) is 2.53. The highest BCUT2D eigenvalue weighted by Crippen LogP contribution is 2.10. The Morgan fingerprint density at radius 2 is 1.95 bits per heavy atom. The fourth-order valence-corrected chi connectivity index (χ4v) is 2.21. The van der Waals surface area contributed by atoms with Crippen molar-refractivity contribution in [3.63, 3.8) is 0 Å². The van der Waals surface area contributed by atoms with Crippen molar-refractivity contribution in [3.8, 4) is 0 Å². The lowest BCUT2D eigenvalue weighted by molar-refractivity contribution is 0.0674. The lowest BCUT2D eigenvalue weighted by Gasteiger charge is -2.27. The van der Waals surface area contributed by atoms with Crippen molar-refractivity contribution in [2.45, 2.75) is 6.42 Å². The Labute approximate surface area is 144 Å². The predicted octanol–water partition coefficient (Wildman–Crippen LogP) is 1.78. The van der Waals surface area contributed by atoms with Gasteiger partial charge in [-0.2, -0.15) is 0 Å². The van der Waals surface area contributed by atoms with Gasteiger partial charge in [0.2, 0.25) is 0 Å². The number of hydrogen-bond donors (Lipinski definition) is 1. The van der Waals surface area contributed by atoms with Crippen LogP contribution < -0.4 is 10.6 Å². The molecule has 1 aliphatic rings. The number of hydrogen-bond acceptors (Lipinski definition) is 3. The van der Waals surface area contributed by atoms with E-state index in [1.165, 1.54) is 5.69 Å². The molecule has 2 rings (SSSR count). The van der Waals surface area contributed by atoms with Crippen molar-refractivity contribution in [1.82, 2.24) is 4.90 Å². The van der Waals surface area contributed by atoms with Crippen LogP contribution in [0.3, 0.4) is 0 Å². The summed E-state index contributed by atoms with van der Waals surface area (Å²) in [5.74, 6) is 0.649. The number of anilines is 1. The molecule has 0 unspecified atom stereocenters. The molecule has 0 aromatic heterocycles. The molecule has 6 heteroatoms. The van der Waals surface area contributed by atoms with E-state index >= 15 is 0 Å². The minimum Gasteiger partial charge on any atom is -0.378 e. The number of ether oxygens (including phenoxy) is 1. The lowest BCUT2D eigenvalue weighted by Crippen LogP contribution is -2.44. The van der Waals surface area contributed by atoms with E-state index in [-0.39, 0.29) is 24.0 Å². The van der Waals surface area contributed by atoms with Gasteiger partial charge in [-0.05, 0) is 18.6 Å². The van der Waals surface area contributed by atoms with Gasteiger partial charge in [0.15, 0.2) is 5.96 Å². The van der Waals surface area contributed by atoms with Crippen molar-refractivity contribution in [2.75, 3.05) is 51.3 Å². The van der Waals surface area contributed by atoms with E-state index in [2.05, 4.69) is 46.1 Å². The maximum absolute atomic E-state index is 5.98. The standard InChI is InChI=1S/C15H24N4O.HI/c1-18(14-6-3-2-4-7-14)9-5-8-17-15(16)19-10-12-20-13-11-19;/h2-4,6-7H,5,8-13H2,1H3,(H2,16,17);1H. The molecule has 1 aromatic carbocycles. The quantitative estimate of drug-likeness (QED) is 0.352. The van der Waals surface area contributed by atoms with Crippen LogP contribution in [0.15, 0.2) is 35.3 Å². The largest absolute Gasteiger partial charge is 0.378 e. The summed E-state index contributed by atoms with van der Waals surface area (Å²) in [6.45, 7) is 4.92. The first kappa shape index (κ1) is 18.0. The summed E-state index contributed by atoms with van der Waals surface area (Å²) in [4.78, 5) is 8.78. The molecular weight excluding hydrogens is 379 g/mol. The molecule has 0 spiro atoms. The highest BCUT2D eigenvalue weighted by molar-refractivity contribution is 14.0. The Bertz CT molecular complexity index is 421. The van der Waals surface area contributed by atoms with E-state index in [0.29, 0.717) is 5.96 Å². The first-order valence-corrected chi connectivity index (χ1v) is 7.16. The normalized spacial score (nSPS) is 15.5. The summed E-state index contributed by atoms with van der Waals surface area (Å²) >= 11 is 0. The van der Waals surface area contributed by atoms with Crippen LogP contribution in [0, 0.1) is 0 Å². The third-order valence-electron chi connectivity index (χ3n) is 3.46. The lowest BCUT2D eigenvalue weighted by atomic mass is 10.3. The van der Waals surface area contributed by atoms with Crippen molar-refractivity contribution >= 4 is 35.6 Å². The summed E-state index contributed by atoms with van der Waals surface area (Å²) in [7, 11) is 2.10. The molecule has 0 atom stereocenters. The van der Waals surface area contributed by atoms with E-state index in [1.807, 2.05) is 6.07 Å². The van der Waals surface area contributed by atoms with Gasteiger partial charge in [0.25, 0.3) is 0 Å². The Morgan fingerprint density at radius 3 is 2.62 bits per heavy atom. The monoisotopic (exact) mass is 404 g/mol. The zero-order valence-electron chi connectivity index (χ0n) is 12.6. The Hall–Kier alpha value is -1.02. The molecule has 5 nitrogen and oxygen atoms in total. The number of aliphatic imine (C=N–C) groups is 1. The number of morpholine rings is 1. The molecule has 0 radical (unpaired) electrons. The molecule has 1 aromatic rings. The maximum atomic E-state index is 5.98. The first-order valence-electron chi connectivity index (χ1n) is 7.16. The fraction of sp³-hybridized carbons (Fsp3) is 0.533. The van der Waals surface area contributed by atoms with Crippen molar-refractivity contribution < 1.29 is 4.74 Å². The molecule has 2 N–H and O–H groups in total. The van der Waals surface area contributed by atoms with Gasteiger partial charge in [-0.1, -0.05) is 18.2 Å². The molecule has 1 saturated heterocycles. The third-order valence-corrected chi connectivity index (χ3v) is 3.46. The van der Waals surface area contributed by atoms with Crippen LogP contribution >= 0.6 is 24.0 Å². The number of nitrogens with zero attached hydrogens (tertiary/aromatic N) is 3. The summed E-state index contributed by atoms with van der Waals surface area (Å²) in [6, 6.07) is 10.4. The van der Waals surface area contributed by atoms with E-state index in [4.69, 9.17) is 10.5 Å². The van der Waals surface area contributed by atoms with Gasteiger partial charge in [-0.15, -0.1) is 24.0 Å². The fourth-order valence-electron chi connectivity index (χ4n) is 2.21. The van der Waals surface area contributed by atoms with Crippen LogP contribution in [0.25, 0.3) is 0 Å². The minimum absolute atomic E-state index is 0. The molecule has 0 aliphatic carbocycles. The summed E-state index contributed by atoms with van der Waals surface area (Å²) in [6.07, 6.45) is 0.996. The van der Waals surface area contributed by atoms with E-state index in [1.54, 1.807) is 0 Å². The number of rotatable bonds is 5. The van der Waals surface area contributed by atoms with Crippen LogP contribution in [0.2, 0.25) is 0 Å². The minimum atomic E-state index is 0. The molecule has 1 heterocycles. The van der Waals surface area contributed by atoms with E-state index in [9.17, 15) is 0 Å². The smallest absolute Gasteiger partial charge is 0.191 e.